The van der Waals surface area contributed by atoms with Crippen molar-refractivity contribution in [2.45, 2.75) is 59.0 Å². The van der Waals surface area contributed by atoms with Gasteiger partial charge in [-0.1, -0.05) is 27.7 Å². The number of hydrogen-bond acceptors (Lipinski definition) is 8. The van der Waals surface area contributed by atoms with Gasteiger partial charge in [-0.15, -0.1) is 12.4 Å². The summed E-state index contributed by atoms with van der Waals surface area (Å²) in [6.07, 6.45) is -2.70. The summed E-state index contributed by atoms with van der Waals surface area (Å²) in [4.78, 5) is 35.8. The van der Waals surface area contributed by atoms with Gasteiger partial charge in [0.15, 0.2) is 12.2 Å². The number of halogens is 1. The Hall–Kier alpha value is -1.38. The number of ether oxygens (including phenoxy) is 4. The van der Waals surface area contributed by atoms with E-state index in [0.717, 1.165) is 0 Å². The molecule has 0 spiro atoms. The van der Waals surface area contributed by atoms with Crippen LogP contribution in [-0.2, 0) is 33.3 Å². The molecule has 1 fully saturated rings. The Labute approximate surface area is 154 Å². The van der Waals surface area contributed by atoms with Crippen LogP contribution in [0.3, 0.4) is 0 Å². The molecule has 1 aliphatic heterocycles. The molecule has 9 heteroatoms. The predicted molar refractivity (Wildman–Crippen MR) is 91.0 cm³/mol. The lowest BCUT2D eigenvalue weighted by Crippen LogP contribution is -2.47. The van der Waals surface area contributed by atoms with Crippen LogP contribution in [-0.4, -0.2) is 55.5 Å². The maximum absolute atomic E-state index is 12.0. The van der Waals surface area contributed by atoms with E-state index < -0.39 is 42.3 Å². The monoisotopic (exact) mass is 381 g/mol. The van der Waals surface area contributed by atoms with Crippen LogP contribution in [0.15, 0.2) is 0 Å². The first-order valence-electron chi connectivity index (χ1n) is 8.08. The minimum absolute atomic E-state index is 0. The lowest BCUT2D eigenvalue weighted by Gasteiger charge is -2.30. The van der Waals surface area contributed by atoms with E-state index in [1.807, 2.05) is 0 Å². The number of hydrogen-bond donors (Lipinski definition) is 1. The topological polar surface area (TPSA) is 114 Å². The Morgan fingerprint density at radius 2 is 1.60 bits per heavy atom. The maximum atomic E-state index is 12.0. The second-order valence-electron chi connectivity index (χ2n) is 6.47. The van der Waals surface area contributed by atoms with Gasteiger partial charge in [0.2, 0.25) is 0 Å². The summed E-state index contributed by atoms with van der Waals surface area (Å²) >= 11 is 0. The molecular weight excluding hydrogens is 354 g/mol. The van der Waals surface area contributed by atoms with Crippen molar-refractivity contribution in [3.63, 3.8) is 0 Å². The first-order chi connectivity index (χ1) is 11.1. The third-order valence-corrected chi connectivity index (χ3v) is 3.48. The van der Waals surface area contributed by atoms with Gasteiger partial charge in [0.05, 0.1) is 25.0 Å². The third kappa shape index (κ3) is 7.17. The summed E-state index contributed by atoms with van der Waals surface area (Å²) in [6.45, 7) is 8.16. The summed E-state index contributed by atoms with van der Waals surface area (Å²) in [6, 6.07) is -0.951. The van der Waals surface area contributed by atoms with E-state index in [1.54, 1.807) is 34.6 Å². The number of nitrogens with two attached hydrogens (primary N) is 1. The van der Waals surface area contributed by atoms with E-state index in [1.165, 1.54) is 0 Å². The van der Waals surface area contributed by atoms with E-state index in [-0.39, 0.29) is 37.5 Å². The molecule has 0 amide bonds. The van der Waals surface area contributed by atoms with E-state index in [0.29, 0.717) is 0 Å². The molecule has 0 aliphatic carbocycles. The molecule has 1 rings (SSSR count). The zero-order valence-corrected chi connectivity index (χ0v) is 16.0. The van der Waals surface area contributed by atoms with Crippen molar-refractivity contribution in [2.75, 3.05) is 13.2 Å². The van der Waals surface area contributed by atoms with Crippen LogP contribution >= 0.6 is 12.4 Å². The van der Waals surface area contributed by atoms with Crippen LogP contribution in [0.1, 0.15) is 34.6 Å². The highest BCUT2D eigenvalue weighted by Crippen LogP contribution is 2.18. The number of esters is 3. The van der Waals surface area contributed by atoms with Gasteiger partial charge in [-0.25, -0.2) is 0 Å². The molecule has 1 saturated heterocycles. The molecule has 0 aromatic carbocycles. The van der Waals surface area contributed by atoms with Crippen LogP contribution in [0.2, 0.25) is 0 Å². The van der Waals surface area contributed by atoms with Crippen molar-refractivity contribution < 1.29 is 33.3 Å². The molecule has 0 saturated carbocycles. The summed E-state index contributed by atoms with van der Waals surface area (Å²) in [5.41, 5.74) is 5.65. The Kier molecular flexibility index (Phi) is 9.99. The fourth-order valence-electron chi connectivity index (χ4n) is 1.94. The zero-order chi connectivity index (χ0) is 18.4. The molecular formula is C16H28ClNO7. The van der Waals surface area contributed by atoms with E-state index in [9.17, 15) is 14.4 Å². The minimum atomic E-state index is -0.975. The largest absolute Gasteiger partial charge is 0.457 e. The lowest BCUT2D eigenvalue weighted by atomic mass is 10.1. The maximum Gasteiger partial charge on any atom is 0.325 e. The predicted octanol–water partition coefficient (Wildman–Crippen LogP) is 0.833. The molecule has 2 N–H and O–H groups in total. The molecule has 146 valence electrons. The molecule has 4 atom stereocenters. The summed E-state index contributed by atoms with van der Waals surface area (Å²) in [5.74, 6) is -2.36. The zero-order valence-electron chi connectivity index (χ0n) is 15.2. The number of carbonyl (C=O) groups is 3. The molecule has 0 aromatic heterocycles. The highest BCUT2D eigenvalue weighted by atomic mass is 35.5. The first kappa shape index (κ1) is 23.6. The second kappa shape index (κ2) is 10.6. The van der Waals surface area contributed by atoms with Gasteiger partial charge in [-0.3, -0.25) is 14.4 Å². The van der Waals surface area contributed by atoms with Crippen LogP contribution in [0.4, 0.5) is 0 Å². The molecule has 0 radical (unpaired) electrons. The first-order valence-corrected chi connectivity index (χ1v) is 8.08. The quantitative estimate of drug-likeness (QED) is 0.562. The average molecular weight is 382 g/mol. The smallest absolute Gasteiger partial charge is 0.325 e. The molecule has 1 aliphatic rings. The summed E-state index contributed by atoms with van der Waals surface area (Å²) < 4.78 is 21.4. The van der Waals surface area contributed by atoms with Gasteiger partial charge in [0.25, 0.3) is 0 Å². The van der Waals surface area contributed by atoms with Crippen molar-refractivity contribution in [1.29, 1.82) is 0 Å². The van der Waals surface area contributed by atoms with Gasteiger partial charge in [0, 0.05) is 0 Å². The Morgan fingerprint density at radius 3 is 2.12 bits per heavy atom. The van der Waals surface area contributed by atoms with Crippen LogP contribution in [0.5, 0.6) is 0 Å². The van der Waals surface area contributed by atoms with Gasteiger partial charge in [-0.05, 0) is 6.92 Å². The van der Waals surface area contributed by atoms with Crippen molar-refractivity contribution in [3.8, 4) is 0 Å². The molecule has 0 bridgehead atoms. The second-order valence-corrected chi connectivity index (χ2v) is 6.47. The Morgan fingerprint density at radius 1 is 1.08 bits per heavy atom. The number of cyclic esters (lactones) is 1. The number of carbonyl (C=O) groups excluding carboxylic acids is 3. The van der Waals surface area contributed by atoms with E-state index in [2.05, 4.69) is 0 Å². The van der Waals surface area contributed by atoms with Crippen molar-refractivity contribution in [3.05, 3.63) is 0 Å². The van der Waals surface area contributed by atoms with Gasteiger partial charge in [0.1, 0.15) is 12.1 Å². The fraction of sp³-hybridized carbons (Fsp3) is 0.812. The fourth-order valence-corrected chi connectivity index (χ4v) is 1.94. The van der Waals surface area contributed by atoms with Crippen molar-refractivity contribution in [1.82, 2.24) is 0 Å². The number of rotatable bonds is 4. The van der Waals surface area contributed by atoms with E-state index >= 15 is 0 Å². The van der Waals surface area contributed by atoms with Gasteiger partial charge in [-0.2, -0.15) is 0 Å². The van der Waals surface area contributed by atoms with Gasteiger partial charge >= 0.3 is 17.9 Å². The standard InChI is InChI=1S/C16H27NO7.ClH/c1-8(2)14(18)23-12-7-21-6-11(17)16(20)22-10(5)13(12)24-15(19)9(3)4;/h8-13H,6-7,17H2,1-5H3;1H/t10-,11-,12-,13-;/m0./s1. The molecule has 25 heavy (non-hydrogen) atoms. The van der Waals surface area contributed by atoms with Gasteiger partial charge < -0.3 is 24.7 Å². The third-order valence-electron chi connectivity index (χ3n) is 3.48. The SMILES string of the molecule is CC(C)C(=O)O[C@H]1[C@H](C)OC(=O)[C@@H](N)COC[C@@H]1OC(=O)C(C)C.Cl. The highest BCUT2D eigenvalue weighted by Gasteiger charge is 2.38. The molecule has 1 heterocycles. The molecule has 0 unspecified atom stereocenters. The Bertz CT molecular complexity index is 469. The van der Waals surface area contributed by atoms with Crippen molar-refractivity contribution in [2.24, 2.45) is 17.6 Å². The van der Waals surface area contributed by atoms with Crippen molar-refractivity contribution >= 4 is 30.3 Å². The normalized spacial score (nSPS) is 27.4. The van der Waals surface area contributed by atoms with Crippen LogP contribution in [0, 0.1) is 11.8 Å². The Balaban J connectivity index is 0.00000576. The summed E-state index contributed by atoms with van der Waals surface area (Å²) in [5, 5.41) is 0. The lowest BCUT2D eigenvalue weighted by molar-refractivity contribution is -0.189. The molecule has 8 nitrogen and oxygen atoms in total. The van der Waals surface area contributed by atoms with Crippen LogP contribution in [0.25, 0.3) is 0 Å². The minimum Gasteiger partial charge on any atom is -0.457 e. The average Bonchev–Trinajstić information content (AvgIpc) is 2.53. The highest BCUT2D eigenvalue weighted by molar-refractivity contribution is 5.85. The molecule has 0 aromatic rings. The summed E-state index contributed by atoms with van der Waals surface area (Å²) in [7, 11) is 0. The van der Waals surface area contributed by atoms with Crippen LogP contribution < -0.4 is 5.73 Å². The van der Waals surface area contributed by atoms with E-state index in [4.69, 9.17) is 24.7 Å².